The highest BCUT2D eigenvalue weighted by molar-refractivity contribution is 5.49. The third kappa shape index (κ3) is 1.97. The lowest BCUT2D eigenvalue weighted by Crippen LogP contribution is -2.50. The zero-order valence-corrected chi connectivity index (χ0v) is 12.2. The van der Waals surface area contributed by atoms with Crippen molar-refractivity contribution in [2.45, 2.75) is 58.2 Å². The molecule has 2 aliphatic carbocycles. The number of fused-ring (bicyclic) bond motifs is 2. The predicted octanol–water partition coefficient (Wildman–Crippen LogP) is 3.17. The highest BCUT2D eigenvalue weighted by Crippen LogP contribution is 2.62. The van der Waals surface area contributed by atoms with Crippen LogP contribution in [-0.4, -0.2) is 25.3 Å². The molecular weight excluding hydrogens is 240 g/mol. The van der Waals surface area contributed by atoms with Gasteiger partial charge >= 0.3 is 0 Å². The monoisotopic (exact) mass is 266 g/mol. The lowest BCUT2D eigenvalue weighted by Gasteiger charge is -2.50. The molecule has 3 nitrogen and oxygen atoms in total. The van der Waals surface area contributed by atoms with Crippen LogP contribution in [0.25, 0.3) is 0 Å². The molecule has 0 radical (unpaired) electrons. The molecule has 3 fully saturated rings. The van der Waals surface area contributed by atoms with Gasteiger partial charge in [0.1, 0.15) is 6.29 Å². The molecule has 3 heteroatoms. The van der Waals surface area contributed by atoms with Crippen molar-refractivity contribution in [1.29, 1.82) is 0 Å². The maximum absolute atomic E-state index is 10.8. The number of hydrogen-bond donors (Lipinski definition) is 0. The zero-order valence-electron chi connectivity index (χ0n) is 12.2. The largest absolute Gasteiger partial charge is 0.347 e. The quantitative estimate of drug-likeness (QED) is 0.736. The normalized spacial score (nSPS) is 42.2. The average molecular weight is 266 g/mol. The fourth-order valence-electron chi connectivity index (χ4n) is 5.30. The maximum atomic E-state index is 10.8. The van der Waals surface area contributed by atoms with Gasteiger partial charge in [0.05, 0.1) is 13.2 Å². The fraction of sp³-hybridized carbons (Fsp3) is 0.938. The molecule has 108 valence electrons. The first kappa shape index (κ1) is 13.6. The molecule has 3 rings (SSSR count). The van der Waals surface area contributed by atoms with Crippen LogP contribution in [0.2, 0.25) is 0 Å². The number of hydrogen-bond acceptors (Lipinski definition) is 3. The Morgan fingerprint density at radius 3 is 2.68 bits per heavy atom. The van der Waals surface area contributed by atoms with Crippen molar-refractivity contribution >= 4 is 6.29 Å². The summed E-state index contributed by atoms with van der Waals surface area (Å²) in [6.45, 7) is 6.16. The van der Waals surface area contributed by atoms with E-state index < -0.39 is 0 Å². The van der Waals surface area contributed by atoms with Gasteiger partial charge in [0.2, 0.25) is 0 Å². The number of carbonyl (C=O) groups is 1. The van der Waals surface area contributed by atoms with Crippen LogP contribution in [0.3, 0.4) is 0 Å². The fourth-order valence-corrected chi connectivity index (χ4v) is 5.30. The first-order valence-corrected chi connectivity index (χ1v) is 7.84. The standard InChI is InChI=1S/C16H26O3/c1-12(6-9-17)13-4-5-14-15(13,2)7-3-8-16(14)18-10-11-19-16/h9,12-14H,3-8,10-11H2,1-2H3/t12-,13?,14?,15?/m1/s1. The molecule has 4 atom stereocenters. The number of ether oxygens (including phenoxy) is 2. The van der Waals surface area contributed by atoms with Gasteiger partial charge < -0.3 is 14.3 Å². The SMILES string of the molecule is C[C@H](CC=O)C1CCC2C3(CCCC12C)OCCO3. The summed E-state index contributed by atoms with van der Waals surface area (Å²) >= 11 is 0. The third-order valence-corrected chi connectivity index (χ3v) is 6.11. The molecular formula is C16H26O3. The van der Waals surface area contributed by atoms with Crippen LogP contribution < -0.4 is 0 Å². The van der Waals surface area contributed by atoms with E-state index in [1.54, 1.807) is 0 Å². The second-order valence-electron chi connectivity index (χ2n) is 6.98. The van der Waals surface area contributed by atoms with Gasteiger partial charge in [0.25, 0.3) is 0 Å². The van der Waals surface area contributed by atoms with Crippen molar-refractivity contribution in [1.82, 2.24) is 0 Å². The van der Waals surface area contributed by atoms with E-state index in [2.05, 4.69) is 13.8 Å². The van der Waals surface area contributed by atoms with Crippen molar-refractivity contribution in [2.75, 3.05) is 13.2 Å². The molecule has 0 aromatic heterocycles. The summed E-state index contributed by atoms with van der Waals surface area (Å²) in [5.41, 5.74) is 0.297. The summed E-state index contributed by atoms with van der Waals surface area (Å²) in [5.74, 6) is 1.37. The van der Waals surface area contributed by atoms with Gasteiger partial charge in [-0.2, -0.15) is 0 Å². The highest BCUT2D eigenvalue weighted by Gasteiger charge is 2.60. The molecule has 1 aliphatic heterocycles. The molecule has 3 unspecified atom stereocenters. The van der Waals surface area contributed by atoms with Gasteiger partial charge in [-0.15, -0.1) is 0 Å². The lowest BCUT2D eigenvalue weighted by molar-refractivity contribution is -0.241. The Kier molecular flexibility index (Phi) is 3.46. The van der Waals surface area contributed by atoms with Crippen molar-refractivity contribution in [3.05, 3.63) is 0 Å². The van der Waals surface area contributed by atoms with Gasteiger partial charge in [-0.1, -0.05) is 13.8 Å². The Hall–Kier alpha value is -0.410. The number of rotatable bonds is 3. The van der Waals surface area contributed by atoms with Crippen LogP contribution in [0.1, 0.15) is 52.4 Å². The zero-order chi connectivity index (χ0) is 13.5. The Labute approximate surface area is 116 Å². The van der Waals surface area contributed by atoms with Crippen LogP contribution >= 0.6 is 0 Å². The van der Waals surface area contributed by atoms with Crippen LogP contribution in [-0.2, 0) is 14.3 Å². The molecule has 3 aliphatic rings. The smallest absolute Gasteiger partial charge is 0.171 e. The number of aldehydes is 1. The Balaban J connectivity index is 1.85. The summed E-state index contributed by atoms with van der Waals surface area (Å²) in [6.07, 6.45) is 7.72. The second-order valence-corrected chi connectivity index (χ2v) is 6.98. The molecule has 19 heavy (non-hydrogen) atoms. The maximum Gasteiger partial charge on any atom is 0.171 e. The van der Waals surface area contributed by atoms with E-state index in [1.165, 1.54) is 25.7 Å². The van der Waals surface area contributed by atoms with Crippen LogP contribution in [0.4, 0.5) is 0 Å². The van der Waals surface area contributed by atoms with E-state index in [0.717, 1.165) is 25.9 Å². The molecule has 0 aromatic carbocycles. The van der Waals surface area contributed by atoms with Gasteiger partial charge in [0.15, 0.2) is 5.79 Å². The van der Waals surface area contributed by atoms with Gasteiger partial charge in [0, 0.05) is 18.8 Å². The van der Waals surface area contributed by atoms with Gasteiger partial charge in [-0.05, 0) is 42.9 Å². The van der Waals surface area contributed by atoms with Crippen molar-refractivity contribution in [3.63, 3.8) is 0 Å². The van der Waals surface area contributed by atoms with E-state index in [-0.39, 0.29) is 5.79 Å². The lowest BCUT2D eigenvalue weighted by atomic mass is 9.60. The van der Waals surface area contributed by atoms with Crippen LogP contribution in [0.5, 0.6) is 0 Å². The topological polar surface area (TPSA) is 35.5 Å². The van der Waals surface area contributed by atoms with Crippen molar-refractivity contribution in [2.24, 2.45) is 23.2 Å². The number of carbonyl (C=O) groups excluding carboxylic acids is 1. The predicted molar refractivity (Wildman–Crippen MR) is 72.7 cm³/mol. The van der Waals surface area contributed by atoms with E-state index >= 15 is 0 Å². The minimum absolute atomic E-state index is 0.289. The first-order valence-electron chi connectivity index (χ1n) is 7.84. The first-order chi connectivity index (χ1) is 9.12. The second kappa shape index (κ2) is 4.85. The summed E-state index contributed by atoms with van der Waals surface area (Å²) in [6, 6.07) is 0. The van der Waals surface area contributed by atoms with Gasteiger partial charge in [-0.25, -0.2) is 0 Å². The summed E-state index contributed by atoms with van der Waals surface area (Å²) < 4.78 is 12.1. The van der Waals surface area contributed by atoms with Crippen LogP contribution in [0, 0.1) is 23.2 Å². The van der Waals surface area contributed by atoms with E-state index in [0.29, 0.717) is 29.6 Å². The van der Waals surface area contributed by atoms with E-state index in [9.17, 15) is 4.79 Å². The molecule has 2 saturated carbocycles. The Morgan fingerprint density at radius 1 is 1.26 bits per heavy atom. The summed E-state index contributed by atoms with van der Waals surface area (Å²) in [5, 5.41) is 0. The Bertz CT molecular complexity index is 348. The average Bonchev–Trinajstić information content (AvgIpc) is 2.95. The van der Waals surface area contributed by atoms with Crippen molar-refractivity contribution < 1.29 is 14.3 Å². The third-order valence-electron chi connectivity index (χ3n) is 6.11. The van der Waals surface area contributed by atoms with Crippen LogP contribution in [0.15, 0.2) is 0 Å². The van der Waals surface area contributed by atoms with E-state index in [1.807, 2.05) is 0 Å². The molecule has 0 bridgehead atoms. The molecule has 0 amide bonds. The molecule has 0 aromatic rings. The van der Waals surface area contributed by atoms with Crippen molar-refractivity contribution in [3.8, 4) is 0 Å². The summed E-state index contributed by atoms with van der Waals surface area (Å²) in [4.78, 5) is 10.8. The van der Waals surface area contributed by atoms with E-state index in [4.69, 9.17) is 9.47 Å². The Morgan fingerprint density at radius 2 is 2.00 bits per heavy atom. The van der Waals surface area contributed by atoms with Gasteiger partial charge in [-0.3, -0.25) is 0 Å². The summed E-state index contributed by atoms with van der Waals surface area (Å²) in [7, 11) is 0. The molecule has 1 saturated heterocycles. The molecule has 1 spiro atoms. The highest BCUT2D eigenvalue weighted by atomic mass is 16.7. The molecule has 0 N–H and O–H groups in total. The molecule has 1 heterocycles. The minimum atomic E-state index is -0.289. The minimum Gasteiger partial charge on any atom is -0.347 e.